The van der Waals surface area contributed by atoms with Crippen molar-refractivity contribution < 1.29 is 9.59 Å². The first-order valence-corrected chi connectivity index (χ1v) is 9.03. The van der Waals surface area contributed by atoms with Gasteiger partial charge in [-0.1, -0.05) is 36.4 Å². The highest BCUT2D eigenvalue weighted by atomic mass is 16.2. The van der Waals surface area contributed by atoms with Gasteiger partial charge in [0.15, 0.2) is 0 Å². The number of benzene rings is 2. The maximum atomic E-state index is 12.4. The summed E-state index contributed by atoms with van der Waals surface area (Å²) < 4.78 is 0. The van der Waals surface area contributed by atoms with Crippen LogP contribution >= 0.6 is 0 Å². The van der Waals surface area contributed by atoms with E-state index in [0.717, 1.165) is 24.8 Å². The van der Waals surface area contributed by atoms with Crippen LogP contribution in [-0.2, 0) is 16.0 Å². The van der Waals surface area contributed by atoms with Gasteiger partial charge in [-0.15, -0.1) is 0 Å². The number of amides is 2. The van der Waals surface area contributed by atoms with Crippen LogP contribution in [0.25, 0.3) is 0 Å². The summed E-state index contributed by atoms with van der Waals surface area (Å²) in [6.45, 7) is 3.16. The third kappa shape index (κ3) is 4.42. The molecule has 0 atom stereocenters. The van der Waals surface area contributed by atoms with Crippen molar-refractivity contribution in [3.8, 4) is 0 Å². The summed E-state index contributed by atoms with van der Waals surface area (Å²) in [7, 11) is 0. The van der Waals surface area contributed by atoms with Crippen LogP contribution in [0.1, 0.15) is 24.0 Å². The van der Waals surface area contributed by atoms with Crippen molar-refractivity contribution >= 4 is 23.2 Å². The molecular formula is C21H25N3O2. The van der Waals surface area contributed by atoms with E-state index in [-0.39, 0.29) is 0 Å². The maximum absolute atomic E-state index is 12.4. The Morgan fingerprint density at radius 2 is 1.81 bits per heavy atom. The Bertz CT molecular complexity index is 781. The van der Waals surface area contributed by atoms with Crippen molar-refractivity contribution in [3.05, 3.63) is 59.7 Å². The minimum atomic E-state index is -0.623. The van der Waals surface area contributed by atoms with Crippen LogP contribution in [0.5, 0.6) is 0 Å². The van der Waals surface area contributed by atoms with E-state index in [1.165, 1.54) is 5.56 Å². The van der Waals surface area contributed by atoms with Gasteiger partial charge < -0.3 is 16.0 Å². The van der Waals surface area contributed by atoms with Crippen molar-refractivity contribution in [2.45, 2.75) is 26.2 Å². The molecule has 2 aromatic carbocycles. The highest BCUT2D eigenvalue weighted by molar-refractivity contribution is 6.39. The van der Waals surface area contributed by atoms with Crippen LogP contribution in [-0.4, -0.2) is 29.8 Å². The van der Waals surface area contributed by atoms with E-state index in [4.69, 9.17) is 5.73 Å². The number of carbonyl (C=O) groups excluding carboxylic acids is 2. The molecule has 0 saturated carbocycles. The van der Waals surface area contributed by atoms with Gasteiger partial charge in [-0.3, -0.25) is 9.59 Å². The fourth-order valence-electron chi connectivity index (χ4n) is 3.40. The number of nitrogen functional groups attached to an aromatic ring is 1. The lowest BCUT2D eigenvalue weighted by Crippen LogP contribution is -2.44. The molecule has 2 amide bonds. The zero-order chi connectivity index (χ0) is 18.5. The van der Waals surface area contributed by atoms with E-state index >= 15 is 0 Å². The molecule has 0 aromatic heterocycles. The molecule has 26 heavy (non-hydrogen) atoms. The van der Waals surface area contributed by atoms with Crippen molar-refractivity contribution in [1.29, 1.82) is 0 Å². The largest absolute Gasteiger partial charge is 0.397 e. The Morgan fingerprint density at radius 3 is 2.46 bits per heavy atom. The van der Waals surface area contributed by atoms with Crippen molar-refractivity contribution in [2.75, 3.05) is 24.1 Å². The molecule has 0 aliphatic carbocycles. The summed E-state index contributed by atoms with van der Waals surface area (Å²) in [5.41, 5.74) is 9.18. The first-order chi connectivity index (χ1) is 12.5. The molecule has 1 fully saturated rings. The van der Waals surface area contributed by atoms with Crippen LogP contribution in [0.4, 0.5) is 11.4 Å². The molecule has 5 heteroatoms. The molecule has 0 unspecified atom stereocenters. The Hall–Kier alpha value is -2.82. The number of aryl methyl sites for hydroxylation is 1. The van der Waals surface area contributed by atoms with Gasteiger partial charge in [0.25, 0.3) is 0 Å². The average molecular weight is 351 g/mol. The molecule has 3 rings (SSSR count). The predicted octanol–water partition coefficient (Wildman–Crippen LogP) is 3.00. The number of nitrogens with zero attached hydrogens (tertiary/aromatic N) is 1. The molecule has 136 valence electrons. The second-order valence-corrected chi connectivity index (χ2v) is 6.97. The molecule has 3 N–H and O–H groups in total. The quantitative estimate of drug-likeness (QED) is 0.659. The van der Waals surface area contributed by atoms with E-state index in [0.29, 0.717) is 30.4 Å². The third-order valence-electron chi connectivity index (χ3n) is 4.92. The standard InChI is InChI=1S/C21H25N3O2/c1-15-7-8-19(18(22)13-15)23-20(25)21(26)24-11-9-17(10-12-24)14-16-5-3-2-4-6-16/h2-8,13,17H,9-12,14,22H2,1H3,(H,23,25). The van der Waals surface area contributed by atoms with Gasteiger partial charge in [0.1, 0.15) is 0 Å². The third-order valence-corrected chi connectivity index (χ3v) is 4.92. The Morgan fingerprint density at radius 1 is 1.12 bits per heavy atom. The lowest BCUT2D eigenvalue weighted by molar-refractivity contribution is -0.144. The number of hydrogen-bond acceptors (Lipinski definition) is 3. The number of anilines is 2. The van der Waals surface area contributed by atoms with E-state index < -0.39 is 11.8 Å². The number of nitrogens with one attached hydrogen (secondary N) is 1. The first-order valence-electron chi connectivity index (χ1n) is 9.03. The molecule has 1 heterocycles. The highest BCUT2D eigenvalue weighted by Gasteiger charge is 2.27. The topological polar surface area (TPSA) is 75.4 Å². The molecule has 0 bridgehead atoms. The Labute approximate surface area is 154 Å². The summed E-state index contributed by atoms with van der Waals surface area (Å²) in [6, 6.07) is 15.7. The number of nitrogens with two attached hydrogens (primary N) is 1. The number of hydrogen-bond donors (Lipinski definition) is 2. The monoisotopic (exact) mass is 351 g/mol. The maximum Gasteiger partial charge on any atom is 0.313 e. The Kier molecular flexibility index (Phi) is 5.56. The molecule has 5 nitrogen and oxygen atoms in total. The summed E-state index contributed by atoms with van der Waals surface area (Å²) in [6.07, 6.45) is 2.86. The van der Waals surface area contributed by atoms with Crippen LogP contribution < -0.4 is 11.1 Å². The van der Waals surface area contributed by atoms with Gasteiger partial charge >= 0.3 is 11.8 Å². The Balaban J connectivity index is 1.52. The zero-order valence-corrected chi connectivity index (χ0v) is 15.1. The predicted molar refractivity (Wildman–Crippen MR) is 104 cm³/mol. The number of piperidine rings is 1. The second-order valence-electron chi connectivity index (χ2n) is 6.97. The molecule has 1 aliphatic heterocycles. The van der Waals surface area contributed by atoms with E-state index in [1.807, 2.05) is 19.1 Å². The molecule has 2 aromatic rings. The number of likely N-dealkylation sites (tertiary alicyclic amines) is 1. The molecule has 0 radical (unpaired) electrons. The highest BCUT2D eigenvalue weighted by Crippen LogP contribution is 2.23. The molecule has 0 spiro atoms. The van der Waals surface area contributed by atoms with Crippen molar-refractivity contribution in [2.24, 2.45) is 5.92 Å². The number of rotatable bonds is 3. The minimum Gasteiger partial charge on any atom is -0.397 e. The van der Waals surface area contributed by atoms with Gasteiger partial charge in [-0.05, 0) is 55.4 Å². The van der Waals surface area contributed by atoms with E-state index in [9.17, 15) is 9.59 Å². The van der Waals surface area contributed by atoms with Crippen LogP contribution in [0, 0.1) is 12.8 Å². The van der Waals surface area contributed by atoms with Crippen LogP contribution in [0.2, 0.25) is 0 Å². The fourth-order valence-corrected chi connectivity index (χ4v) is 3.40. The second kappa shape index (κ2) is 8.04. The summed E-state index contributed by atoms with van der Waals surface area (Å²) in [5.74, 6) is -0.553. The number of carbonyl (C=O) groups is 2. The van der Waals surface area contributed by atoms with E-state index in [2.05, 4.69) is 29.6 Å². The lowest BCUT2D eigenvalue weighted by Gasteiger charge is -2.31. The minimum absolute atomic E-state index is 0.465. The smallest absolute Gasteiger partial charge is 0.313 e. The SMILES string of the molecule is Cc1ccc(NC(=O)C(=O)N2CCC(Cc3ccccc3)CC2)c(N)c1. The van der Waals surface area contributed by atoms with Gasteiger partial charge in [-0.2, -0.15) is 0 Å². The van der Waals surface area contributed by atoms with Crippen LogP contribution in [0.3, 0.4) is 0 Å². The van der Waals surface area contributed by atoms with Crippen molar-refractivity contribution in [3.63, 3.8) is 0 Å². The van der Waals surface area contributed by atoms with Gasteiger partial charge in [-0.25, -0.2) is 0 Å². The average Bonchev–Trinajstić information content (AvgIpc) is 2.65. The zero-order valence-electron chi connectivity index (χ0n) is 15.1. The van der Waals surface area contributed by atoms with Gasteiger partial charge in [0, 0.05) is 13.1 Å². The lowest BCUT2D eigenvalue weighted by atomic mass is 9.90. The summed E-state index contributed by atoms with van der Waals surface area (Å²) in [4.78, 5) is 26.3. The molecular weight excluding hydrogens is 326 g/mol. The normalized spacial score (nSPS) is 14.9. The van der Waals surface area contributed by atoms with Gasteiger partial charge in [0.2, 0.25) is 0 Å². The van der Waals surface area contributed by atoms with Crippen molar-refractivity contribution in [1.82, 2.24) is 4.90 Å². The van der Waals surface area contributed by atoms with Gasteiger partial charge in [0.05, 0.1) is 11.4 Å². The van der Waals surface area contributed by atoms with Crippen LogP contribution in [0.15, 0.2) is 48.5 Å². The molecule has 1 saturated heterocycles. The fraction of sp³-hybridized carbons (Fsp3) is 0.333. The molecule has 1 aliphatic rings. The summed E-state index contributed by atoms with van der Waals surface area (Å²) in [5, 5.41) is 2.63. The van der Waals surface area contributed by atoms with E-state index in [1.54, 1.807) is 17.0 Å². The summed E-state index contributed by atoms with van der Waals surface area (Å²) >= 11 is 0. The first kappa shape index (κ1) is 18.0.